The van der Waals surface area contributed by atoms with Crippen molar-refractivity contribution < 1.29 is 4.79 Å². The molecule has 1 aliphatic rings. The van der Waals surface area contributed by atoms with Crippen LogP contribution >= 0.6 is 0 Å². The number of hydrogen-bond donors (Lipinski definition) is 1. The number of nitrogens with zero attached hydrogens (tertiary/aromatic N) is 3. The molecule has 106 valence electrons. The van der Waals surface area contributed by atoms with Crippen LogP contribution in [0, 0.1) is 17.2 Å². The third-order valence-electron chi connectivity index (χ3n) is 3.70. The Balaban J connectivity index is 2.06. The topological polar surface area (TPSA) is 69.0 Å². The molecule has 2 rings (SSSR count). The first-order valence-corrected chi connectivity index (χ1v) is 7.00. The molecule has 0 spiro atoms. The molecule has 5 nitrogen and oxygen atoms in total. The van der Waals surface area contributed by atoms with E-state index in [4.69, 9.17) is 5.26 Å². The first-order chi connectivity index (χ1) is 9.72. The minimum Gasteiger partial charge on any atom is -0.336 e. The van der Waals surface area contributed by atoms with Crippen molar-refractivity contribution in [3.63, 3.8) is 0 Å². The highest BCUT2D eigenvalue weighted by atomic mass is 16.2. The number of nitrogens with one attached hydrogen (secondary N) is 1. The van der Waals surface area contributed by atoms with Crippen molar-refractivity contribution in [2.24, 2.45) is 5.92 Å². The summed E-state index contributed by atoms with van der Waals surface area (Å²) in [5.74, 6) is 0.440. The van der Waals surface area contributed by atoms with E-state index in [-0.39, 0.29) is 11.9 Å². The highest BCUT2D eigenvalue weighted by molar-refractivity contribution is 5.82. The van der Waals surface area contributed by atoms with Gasteiger partial charge in [-0.2, -0.15) is 5.26 Å². The largest absolute Gasteiger partial charge is 0.336 e. The van der Waals surface area contributed by atoms with Crippen LogP contribution in [0.1, 0.15) is 25.3 Å². The summed E-state index contributed by atoms with van der Waals surface area (Å²) >= 11 is 0. The summed E-state index contributed by atoms with van der Waals surface area (Å²) in [6, 6.07) is 5.80. The molecule has 2 atom stereocenters. The Morgan fingerprint density at radius 1 is 1.65 bits per heavy atom. The Hall–Kier alpha value is -1.93. The Kier molecular flexibility index (Phi) is 5.08. The second-order valence-electron chi connectivity index (χ2n) is 5.23. The Labute approximate surface area is 119 Å². The van der Waals surface area contributed by atoms with Gasteiger partial charge in [-0.25, -0.2) is 0 Å². The van der Waals surface area contributed by atoms with E-state index in [1.807, 2.05) is 12.1 Å². The maximum atomic E-state index is 12.6. The molecular weight excluding hydrogens is 252 g/mol. The first-order valence-electron chi connectivity index (χ1n) is 7.00. The monoisotopic (exact) mass is 272 g/mol. The standard InChI is InChI=1S/C15H20N4O/c1-12-5-8-18-14(12)15(20)19(9-3-6-16)11-13-4-2-7-17-10-13/h2,4,7,10,12,14,18H,3,5,8-9,11H2,1H3. The third kappa shape index (κ3) is 3.55. The molecule has 1 aromatic rings. The molecule has 2 unspecified atom stereocenters. The zero-order valence-corrected chi connectivity index (χ0v) is 11.7. The van der Waals surface area contributed by atoms with Gasteiger partial charge in [0.1, 0.15) is 0 Å². The highest BCUT2D eigenvalue weighted by Gasteiger charge is 2.32. The summed E-state index contributed by atoms with van der Waals surface area (Å²) in [5, 5.41) is 12.0. The first kappa shape index (κ1) is 14.5. The fourth-order valence-corrected chi connectivity index (χ4v) is 2.53. The Morgan fingerprint density at radius 2 is 2.50 bits per heavy atom. The Bertz CT molecular complexity index is 482. The van der Waals surface area contributed by atoms with Crippen LogP contribution in [0.15, 0.2) is 24.5 Å². The van der Waals surface area contributed by atoms with Crippen molar-refractivity contribution >= 4 is 5.91 Å². The molecule has 1 fully saturated rings. The predicted octanol–water partition coefficient (Wildman–Crippen LogP) is 1.32. The summed E-state index contributed by atoms with van der Waals surface area (Å²) in [4.78, 5) is 18.4. The lowest BCUT2D eigenvalue weighted by atomic mass is 10.0. The van der Waals surface area contributed by atoms with Crippen molar-refractivity contribution in [2.75, 3.05) is 13.1 Å². The lowest BCUT2D eigenvalue weighted by Crippen LogP contribution is -2.46. The van der Waals surface area contributed by atoms with Crippen LogP contribution in [0.25, 0.3) is 0 Å². The van der Waals surface area contributed by atoms with Gasteiger partial charge in [0, 0.05) is 25.5 Å². The van der Waals surface area contributed by atoms with Gasteiger partial charge in [0.2, 0.25) is 5.91 Å². The van der Waals surface area contributed by atoms with Crippen LogP contribution in [0.4, 0.5) is 0 Å². The van der Waals surface area contributed by atoms with Crippen LogP contribution in [-0.2, 0) is 11.3 Å². The van der Waals surface area contributed by atoms with Crippen LogP contribution < -0.4 is 5.32 Å². The molecule has 1 N–H and O–H groups in total. The van der Waals surface area contributed by atoms with E-state index >= 15 is 0 Å². The summed E-state index contributed by atoms with van der Waals surface area (Å²) in [5.41, 5.74) is 0.990. The molecule has 0 aliphatic carbocycles. The molecule has 0 aromatic carbocycles. The van der Waals surface area contributed by atoms with Gasteiger partial charge in [-0.3, -0.25) is 9.78 Å². The summed E-state index contributed by atoms with van der Waals surface area (Å²) in [6.45, 7) is 3.96. The molecule has 0 saturated carbocycles. The molecule has 20 heavy (non-hydrogen) atoms. The fraction of sp³-hybridized carbons (Fsp3) is 0.533. The van der Waals surface area contributed by atoms with Crippen LogP contribution in [0.5, 0.6) is 0 Å². The van der Waals surface area contributed by atoms with Crippen molar-refractivity contribution in [1.82, 2.24) is 15.2 Å². The van der Waals surface area contributed by atoms with Crippen LogP contribution in [0.3, 0.4) is 0 Å². The van der Waals surface area contributed by atoms with Crippen molar-refractivity contribution in [3.8, 4) is 6.07 Å². The average molecular weight is 272 g/mol. The highest BCUT2D eigenvalue weighted by Crippen LogP contribution is 2.18. The number of amides is 1. The zero-order valence-electron chi connectivity index (χ0n) is 11.7. The average Bonchev–Trinajstić information content (AvgIpc) is 2.90. The third-order valence-corrected chi connectivity index (χ3v) is 3.70. The second kappa shape index (κ2) is 7.01. The molecular formula is C15H20N4O. The van der Waals surface area contributed by atoms with E-state index in [1.54, 1.807) is 17.3 Å². The lowest BCUT2D eigenvalue weighted by Gasteiger charge is -2.26. The lowest BCUT2D eigenvalue weighted by molar-refractivity contribution is -0.134. The van der Waals surface area contributed by atoms with Crippen molar-refractivity contribution in [3.05, 3.63) is 30.1 Å². The van der Waals surface area contributed by atoms with Gasteiger partial charge in [0.15, 0.2) is 0 Å². The number of hydrogen-bond acceptors (Lipinski definition) is 4. The number of pyridine rings is 1. The van der Waals surface area contributed by atoms with Crippen LogP contribution in [0.2, 0.25) is 0 Å². The van der Waals surface area contributed by atoms with Gasteiger partial charge < -0.3 is 10.2 Å². The van der Waals surface area contributed by atoms with Crippen LogP contribution in [-0.4, -0.2) is 34.9 Å². The normalized spacial score (nSPS) is 21.4. The summed E-state index contributed by atoms with van der Waals surface area (Å²) < 4.78 is 0. The van der Waals surface area contributed by atoms with Gasteiger partial charge >= 0.3 is 0 Å². The number of nitriles is 1. The van der Waals surface area contributed by atoms with Gasteiger partial charge in [-0.15, -0.1) is 0 Å². The molecule has 1 saturated heterocycles. The maximum absolute atomic E-state index is 12.6. The van der Waals surface area contributed by atoms with E-state index in [0.717, 1.165) is 18.5 Å². The van der Waals surface area contributed by atoms with E-state index in [0.29, 0.717) is 25.4 Å². The number of rotatable bonds is 5. The molecule has 0 radical (unpaired) electrons. The van der Waals surface area contributed by atoms with Gasteiger partial charge in [-0.1, -0.05) is 13.0 Å². The summed E-state index contributed by atoms with van der Waals surface area (Å²) in [7, 11) is 0. The van der Waals surface area contributed by atoms with E-state index < -0.39 is 0 Å². The number of carbonyl (C=O) groups excluding carboxylic acids is 1. The van der Waals surface area contributed by atoms with E-state index in [9.17, 15) is 4.79 Å². The number of aromatic nitrogens is 1. The molecule has 0 bridgehead atoms. The quantitative estimate of drug-likeness (QED) is 0.877. The fourth-order valence-electron chi connectivity index (χ4n) is 2.53. The molecule has 1 amide bonds. The molecule has 1 aromatic heterocycles. The van der Waals surface area contributed by atoms with Gasteiger partial charge in [0.05, 0.1) is 18.5 Å². The number of carbonyl (C=O) groups is 1. The van der Waals surface area contributed by atoms with E-state index in [1.165, 1.54) is 0 Å². The molecule has 5 heteroatoms. The van der Waals surface area contributed by atoms with E-state index in [2.05, 4.69) is 23.3 Å². The minimum absolute atomic E-state index is 0.0918. The molecule has 2 heterocycles. The minimum atomic E-state index is -0.120. The predicted molar refractivity (Wildman–Crippen MR) is 75.5 cm³/mol. The van der Waals surface area contributed by atoms with Crippen molar-refractivity contribution in [2.45, 2.75) is 32.4 Å². The molecule has 1 aliphatic heterocycles. The second-order valence-corrected chi connectivity index (χ2v) is 5.23. The smallest absolute Gasteiger partial charge is 0.240 e. The Morgan fingerprint density at radius 3 is 3.10 bits per heavy atom. The van der Waals surface area contributed by atoms with Crippen molar-refractivity contribution in [1.29, 1.82) is 5.26 Å². The van der Waals surface area contributed by atoms with Gasteiger partial charge in [0.25, 0.3) is 0 Å². The summed E-state index contributed by atoms with van der Waals surface area (Å²) in [6.07, 6.45) is 4.85. The van der Waals surface area contributed by atoms with Gasteiger partial charge in [-0.05, 0) is 30.5 Å². The zero-order chi connectivity index (χ0) is 14.4. The maximum Gasteiger partial charge on any atom is 0.240 e. The SMILES string of the molecule is CC1CCNC1C(=O)N(CCC#N)Cc1cccnc1.